The van der Waals surface area contributed by atoms with E-state index in [4.69, 9.17) is 0 Å². The Kier molecular flexibility index (Phi) is 5.38. The van der Waals surface area contributed by atoms with E-state index >= 15 is 0 Å². The molecule has 29 heavy (non-hydrogen) atoms. The molecule has 2 aromatic carbocycles. The number of anilines is 2. The molecule has 4 rings (SSSR count). The van der Waals surface area contributed by atoms with Crippen LogP contribution in [0, 0.1) is 0 Å². The lowest BCUT2D eigenvalue weighted by atomic mass is 10.1. The van der Waals surface area contributed by atoms with Gasteiger partial charge >= 0.3 is 0 Å². The van der Waals surface area contributed by atoms with Crippen LogP contribution in [0.4, 0.5) is 15.9 Å². The predicted molar refractivity (Wildman–Crippen MR) is 111 cm³/mol. The minimum absolute atomic E-state index is 0.00286. The molecule has 2 aromatic heterocycles. The highest BCUT2D eigenvalue weighted by atomic mass is 19.1. The Balaban J connectivity index is 1.66. The topological polar surface area (TPSA) is 79.8 Å². The van der Waals surface area contributed by atoms with Crippen LogP contribution in [0.3, 0.4) is 0 Å². The largest absolute Gasteiger partial charge is 0.349 e. The number of hydrogen-bond donors (Lipinski definition) is 2. The van der Waals surface area contributed by atoms with Crippen molar-refractivity contribution in [1.82, 2.24) is 20.3 Å². The molecular weight excluding hydrogens is 369 g/mol. The van der Waals surface area contributed by atoms with Gasteiger partial charge in [-0.1, -0.05) is 12.1 Å². The Hall–Kier alpha value is -3.87. The summed E-state index contributed by atoms with van der Waals surface area (Å²) in [5, 5.41) is 6.69. The molecule has 0 spiro atoms. The third-order valence-electron chi connectivity index (χ3n) is 4.31. The third kappa shape index (κ3) is 4.19. The van der Waals surface area contributed by atoms with Crippen molar-refractivity contribution >= 4 is 28.3 Å². The molecule has 0 atom stereocenters. The maximum Gasteiger partial charge on any atom is 0.251 e. The Bertz CT molecular complexity index is 1130. The Morgan fingerprint density at radius 2 is 1.79 bits per heavy atom. The number of hydrogen-bond acceptors (Lipinski definition) is 5. The van der Waals surface area contributed by atoms with Crippen LogP contribution < -0.4 is 10.6 Å². The lowest BCUT2D eigenvalue weighted by molar-refractivity contribution is 0.0951. The van der Waals surface area contributed by atoms with Crippen LogP contribution in [-0.2, 0) is 0 Å². The van der Waals surface area contributed by atoms with Crippen molar-refractivity contribution in [3.8, 4) is 11.4 Å². The number of halogens is 1. The molecule has 0 saturated heterocycles. The number of nitrogens with one attached hydrogen (secondary N) is 2. The molecule has 2 heterocycles. The number of fused-ring (bicyclic) bond motifs is 1. The quantitative estimate of drug-likeness (QED) is 0.520. The van der Waals surface area contributed by atoms with E-state index in [1.807, 2.05) is 36.4 Å². The Labute approximate surface area is 166 Å². The van der Waals surface area contributed by atoms with Crippen molar-refractivity contribution in [3.05, 3.63) is 78.6 Å². The van der Waals surface area contributed by atoms with Gasteiger partial charge in [-0.3, -0.25) is 9.78 Å². The number of alkyl halides is 1. The highest BCUT2D eigenvalue weighted by Gasteiger charge is 2.10. The zero-order valence-corrected chi connectivity index (χ0v) is 15.5. The van der Waals surface area contributed by atoms with E-state index in [9.17, 15) is 9.18 Å². The number of aromatic nitrogens is 3. The highest BCUT2D eigenvalue weighted by molar-refractivity contribution is 5.95. The molecule has 0 saturated carbocycles. The van der Waals surface area contributed by atoms with Crippen LogP contribution in [0.5, 0.6) is 0 Å². The van der Waals surface area contributed by atoms with E-state index in [0.29, 0.717) is 17.2 Å². The minimum atomic E-state index is -0.592. The summed E-state index contributed by atoms with van der Waals surface area (Å²) in [7, 11) is 0. The van der Waals surface area contributed by atoms with Gasteiger partial charge in [0.25, 0.3) is 5.91 Å². The molecule has 6 nitrogen and oxygen atoms in total. The maximum absolute atomic E-state index is 12.2. The summed E-state index contributed by atoms with van der Waals surface area (Å²) in [5.74, 6) is 0.922. The van der Waals surface area contributed by atoms with Crippen molar-refractivity contribution in [1.29, 1.82) is 0 Å². The SMILES string of the molecule is O=C(NCCF)c1ccc(Nc2nc(-c3cccnc3)nc3ccccc23)cc1. The maximum atomic E-state index is 12.2. The fourth-order valence-electron chi connectivity index (χ4n) is 2.90. The predicted octanol–water partition coefficient (Wildman–Crippen LogP) is 4.13. The molecule has 1 amide bonds. The molecule has 7 heteroatoms. The summed E-state index contributed by atoms with van der Waals surface area (Å²) in [6.45, 7) is -0.589. The highest BCUT2D eigenvalue weighted by Crippen LogP contribution is 2.27. The number of pyridine rings is 1. The zero-order valence-electron chi connectivity index (χ0n) is 15.5. The van der Waals surface area contributed by atoms with Gasteiger partial charge in [-0.2, -0.15) is 0 Å². The molecule has 4 aromatic rings. The van der Waals surface area contributed by atoms with Gasteiger partial charge in [0.05, 0.1) is 5.52 Å². The molecule has 2 N–H and O–H groups in total. The first-order valence-corrected chi connectivity index (χ1v) is 9.13. The van der Waals surface area contributed by atoms with Crippen LogP contribution >= 0.6 is 0 Å². The molecule has 0 aliphatic rings. The number of amides is 1. The molecular formula is C22H18FN5O. The van der Waals surface area contributed by atoms with E-state index in [1.54, 1.807) is 36.7 Å². The van der Waals surface area contributed by atoms with Crippen molar-refractivity contribution in [2.24, 2.45) is 0 Å². The van der Waals surface area contributed by atoms with Gasteiger partial charge in [0.15, 0.2) is 5.82 Å². The lowest BCUT2D eigenvalue weighted by Gasteiger charge is -2.11. The molecule has 0 fully saturated rings. The number of nitrogens with zero attached hydrogens (tertiary/aromatic N) is 3. The van der Waals surface area contributed by atoms with Crippen molar-refractivity contribution in [2.75, 3.05) is 18.5 Å². The normalized spacial score (nSPS) is 10.7. The first-order chi connectivity index (χ1) is 14.2. The van der Waals surface area contributed by atoms with E-state index in [2.05, 4.69) is 25.6 Å². The van der Waals surface area contributed by atoms with Gasteiger partial charge in [-0.15, -0.1) is 0 Å². The van der Waals surface area contributed by atoms with E-state index in [1.165, 1.54) is 0 Å². The summed E-state index contributed by atoms with van der Waals surface area (Å²) < 4.78 is 12.2. The fourth-order valence-corrected chi connectivity index (χ4v) is 2.90. The molecule has 0 aliphatic carbocycles. The summed E-state index contributed by atoms with van der Waals surface area (Å²) in [6, 6.07) is 18.4. The first kappa shape index (κ1) is 18.5. The van der Waals surface area contributed by atoms with Crippen LogP contribution in [0.1, 0.15) is 10.4 Å². The summed E-state index contributed by atoms with van der Waals surface area (Å²) in [5.41, 5.74) is 2.87. The standard InChI is InChI=1S/C22H18FN5O/c23-11-13-25-22(29)15-7-9-17(10-8-15)26-21-18-5-1-2-6-19(18)27-20(28-21)16-4-3-12-24-14-16/h1-10,12,14H,11,13H2,(H,25,29)(H,26,27,28). The van der Waals surface area contributed by atoms with Crippen molar-refractivity contribution in [2.45, 2.75) is 0 Å². The summed E-state index contributed by atoms with van der Waals surface area (Å²) in [6.07, 6.45) is 3.42. The number of carbonyl (C=O) groups is 1. The van der Waals surface area contributed by atoms with Crippen LogP contribution in [-0.4, -0.2) is 34.1 Å². The van der Waals surface area contributed by atoms with Gasteiger partial charge < -0.3 is 10.6 Å². The third-order valence-corrected chi connectivity index (χ3v) is 4.31. The smallest absolute Gasteiger partial charge is 0.251 e. The Morgan fingerprint density at radius 3 is 2.55 bits per heavy atom. The van der Waals surface area contributed by atoms with Crippen LogP contribution in [0.15, 0.2) is 73.1 Å². The van der Waals surface area contributed by atoms with E-state index in [-0.39, 0.29) is 12.5 Å². The van der Waals surface area contributed by atoms with Gasteiger partial charge in [0.1, 0.15) is 12.5 Å². The second-order valence-electron chi connectivity index (χ2n) is 6.30. The van der Waals surface area contributed by atoms with E-state index < -0.39 is 6.67 Å². The Morgan fingerprint density at radius 1 is 0.966 bits per heavy atom. The van der Waals surface area contributed by atoms with Gasteiger partial charge in [-0.25, -0.2) is 14.4 Å². The van der Waals surface area contributed by atoms with Gasteiger partial charge in [-0.05, 0) is 48.5 Å². The number of rotatable bonds is 6. The number of carbonyl (C=O) groups excluding carboxylic acids is 1. The zero-order chi connectivity index (χ0) is 20.1. The van der Waals surface area contributed by atoms with Crippen LogP contribution in [0.2, 0.25) is 0 Å². The monoisotopic (exact) mass is 387 g/mol. The molecule has 0 aliphatic heterocycles. The minimum Gasteiger partial charge on any atom is -0.349 e. The van der Waals surface area contributed by atoms with Crippen molar-refractivity contribution < 1.29 is 9.18 Å². The van der Waals surface area contributed by atoms with Crippen molar-refractivity contribution in [3.63, 3.8) is 0 Å². The molecule has 144 valence electrons. The van der Waals surface area contributed by atoms with E-state index in [0.717, 1.165) is 22.2 Å². The van der Waals surface area contributed by atoms with Gasteiger partial charge in [0, 0.05) is 41.1 Å². The second kappa shape index (κ2) is 8.43. The van der Waals surface area contributed by atoms with Crippen LogP contribution in [0.25, 0.3) is 22.3 Å². The molecule has 0 bridgehead atoms. The lowest BCUT2D eigenvalue weighted by Crippen LogP contribution is -2.25. The molecule has 0 unspecified atom stereocenters. The average molecular weight is 387 g/mol. The summed E-state index contributed by atoms with van der Waals surface area (Å²) >= 11 is 0. The molecule has 0 radical (unpaired) electrons. The number of para-hydroxylation sites is 1. The van der Waals surface area contributed by atoms with Gasteiger partial charge in [0.2, 0.25) is 0 Å². The summed E-state index contributed by atoms with van der Waals surface area (Å²) in [4.78, 5) is 25.4. The number of benzene rings is 2. The average Bonchev–Trinajstić information content (AvgIpc) is 2.78. The first-order valence-electron chi connectivity index (χ1n) is 9.13. The fraction of sp³-hybridized carbons (Fsp3) is 0.0909. The second-order valence-corrected chi connectivity index (χ2v) is 6.30.